The average molecular weight is 175 g/mol. The van der Waals surface area contributed by atoms with Gasteiger partial charge in [-0.3, -0.25) is 0 Å². The predicted molar refractivity (Wildman–Crippen MR) is 47.0 cm³/mol. The molecule has 0 saturated carbocycles. The van der Waals surface area contributed by atoms with Crippen molar-refractivity contribution in [3.63, 3.8) is 0 Å². The van der Waals surface area contributed by atoms with Gasteiger partial charge < -0.3 is 5.73 Å². The summed E-state index contributed by atoms with van der Waals surface area (Å²) in [4.78, 5) is 7.97. The summed E-state index contributed by atoms with van der Waals surface area (Å²) < 4.78 is 1.60. The molecule has 0 unspecified atom stereocenters. The highest BCUT2D eigenvalue weighted by Crippen LogP contribution is 2.03. The molecule has 0 aliphatic rings. The van der Waals surface area contributed by atoms with Gasteiger partial charge in [0.05, 0.1) is 0 Å². The second-order valence-corrected chi connectivity index (χ2v) is 2.57. The van der Waals surface area contributed by atoms with E-state index in [-0.39, 0.29) is 0 Å². The quantitative estimate of drug-likeness (QED) is 0.703. The van der Waals surface area contributed by atoms with E-state index in [1.54, 1.807) is 17.2 Å². The summed E-state index contributed by atoms with van der Waals surface area (Å²) in [5.41, 5.74) is 6.53. The minimum absolute atomic E-state index is 0.504. The van der Waals surface area contributed by atoms with Gasteiger partial charge in [0.1, 0.15) is 12.7 Å². The number of aromatic nitrogens is 4. The molecule has 0 bridgehead atoms. The van der Waals surface area contributed by atoms with Gasteiger partial charge in [0.15, 0.2) is 5.82 Å². The van der Waals surface area contributed by atoms with E-state index in [1.165, 1.54) is 6.33 Å². The van der Waals surface area contributed by atoms with E-state index in [0.29, 0.717) is 6.54 Å². The Morgan fingerprint density at radius 3 is 3.08 bits per heavy atom. The topological polar surface area (TPSA) is 69.6 Å². The van der Waals surface area contributed by atoms with Crippen LogP contribution in [0.2, 0.25) is 0 Å². The Morgan fingerprint density at radius 2 is 2.38 bits per heavy atom. The second kappa shape index (κ2) is 3.32. The van der Waals surface area contributed by atoms with Crippen molar-refractivity contribution < 1.29 is 0 Å². The third-order valence-electron chi connectivity index (χ3n) is 1.70. The molecule has 0 aliphatic heterocycles. The van der Waals surface area contributed by atoms with Crippen LogP contribution >= 0.6 is 0 Å². The fourth-order valence-electron chi connectivity index (χ4n) is 1.04. The van der Waals surface area contributed by atoms with Crippen LogP contribution in [-0.4, -0.2) is 19.7 Å². The minimum atomic E-state index is 0.504. The van der Waals surface area contributed by atoms with Crippen molar-refractivity contribution in [2.24, 2.45) is 5.73 Å². The van der Waals surface area contributed by atoms with E-state index in [1.807, 2.05) is 12.1 Å². The summed E-state index contributed by atoms with van der Waals surface area (Å²) in [5, 5.41) is 3.96. The van der Waals surface area contributed by atoms with Crippen LogP contribution in [0.25, 0.3) is 5.82 Å². The molecule has 13 heavy (non-hydrogen) atoms. The van der Waals surface area contributed by atoms with Gasteiger partial charge >= 0.3 is 0 Å². The molecule has 0 amide bonds. The van der Waals surface area contributed by atoms with Gasteiger partial charge in [-0.2, -0.15) is 5.10 Å². The number of rotatable bonds is 2. The van der Waals surface area contributed by atoms with E-state index < -0.39 is 0 Å². The van der Waals surface area contributed by atoms with Crippen LogP contribution in [0.5, 0.6) is 0 Å². The number of hydrogen-bond donors (Lipinski definition) is 1. The monoisotopic (exact) mass is 175 g/mol. The summed E-state index contributed by atoms with van der Waals surface area (Å²) in [7, 11) is 0. The molecule has 0 saturated heterocycles. The third kappa shape index (κ3) is 1.54. The molecule has 0 radical (unpaired) electrons. The van der Waals surface area contributed by atoms with Crippen LogP contribution in [0.4, 0.5) is 0 Å². The van der Waals surface area contributed by atoms with Crippen molar-refractivity contribution >= 4 is 0 Å². The summed E-state index contributed by atoms with van der Waals surface area (Å²) in [6.45, 7) is 0.504. The van der Waals surface area contributed by atoms with Crippen molar-refractivity contribution in [1.29, 1.82) is 0 Å². The van der Waals surface area contributed by atoms with E-state index in [9.17, 15) is 0 Å². The predicted octanol–water partition coefficient (Wildman–Crippen LogP) is 0.121. The fraction of sp³-hybridized carbons (Fsp3) is 0.125. The van der Waals surface area contributed by atoms with Gasteiger partial charge in [-0.25, -0.2) is 14.6 Å². The molecule has 0 aromatic carbocycles. The molecule has 2 rings (SSSR count). The first kappa shape index (κ1) is 7.88. The van der Waals surface area contributed by atoms with Crippen LogP contribution in [0.3, 0.4) is 0 Å². The Labute approximate surface area is 75.2 Å². The Bertz CT molecular complexity index is 381. The molecule has 2 aromatic heterocycles. The van der Waals surface area contributed by atoms with Gasteiger partial charge in [-0.15, -0.1) is 0 Å². The first-order chi connectivity index (χ1) is 6.40. The zero-order valence-electron chi connectivity index (χ0n) is 6.96. The highest BCUT2D eigenvalue weighted by atomic mass is 15.3. The highest BCUT2D eigenvalue weighted by Gasteiger charge is 1.98. The lowest BCUT2D eigenvalue weighted by atomic mass is 10.3. The van der Waals surface area contributed by atoms with Crippen LogP contribution in [0, 0.1) is 0 Å². The van der Waals surface area contributed by atoms with Gasteiger partial charge in [-0.05, 0) is 17.7 Å². The standard InChI is InChI=1S/C8H9N5/c9-4-7-1-2-11-8(3-7)13-6-10-5-12-13/h1-3,5-6H,4,9H2. The molecule has 66 valence electrons. The van der Waals surface area contributed by atoms with Gasteiger partial charge in [0.2, 0.25) is 0 Å². The van der Waals surface area contributed by atoms with Crippen molar-refractivity contribution in [3.05, 3.63) is 36.5 Å². The van der Waals surface area contributed by atoms with Crippen LogP contribution in [-0.2, 0) is 6.54 Å². The third-order valence-corrected chi connectivity index (χ3v) is 1.70. The number of nitrogens with zero attached hydrogens (tertiary/aromatic N) is 4. The van der Waals surface area contributed by atoms with Crippen LogP contribution < -0.4 is 5.73 Å². The zero-order valence-corrected chi connectivity index (χ0v) is 6.96. The van der Waals surface area contributed by atoms with Gasteiger partial charge in [0.25, 0.3) is 0 Å². The maximum Gasteiger partial charge on any atom is 0.155 e. The molecular weight excluding hydrogens is 166 g/mol. The van der Waals surface area contributed by atoms with E-state index in [2.05, 4.69) is 15.1 Å². The molecule has 2 aromatic rings. The number of hydrogen-bond acceptors (Lipinski definition) is 4. The normalized spacial score (nSPS) is 10.2. The zero-order chi connectivity index (χ0) is 9.10. The summed E-state index contributed by atoms with van der Waals surface area (Å²) in [6, 6.07) is 3.76. The lowest BCUT2D eigenvalue weighted by molar-refractivity contribution is 0.840. The lowest BCUT2D eigenvalue weighted by Crippen LogP contribution is -2.01. The van der Waals surface area contributed by atoms with Crippen LogP contribution in [0.15, 0.2) is 31.0 Å². The number of nitrogens with two attached hydrogens (primary N) is 1. The molecule has 0 aliphatic carbocycles. The molecule has 5 nitrogen and oxygen atoms in total. The lowest BCUT2D eigenvalue weighted by Gasteiger charge is -2.00. The Hall–Kier alpha value is -1.75. The SMILES string of the molecule is NCc1ccnc(-n2cncn2)c1. The van der Waals surface area contributed by atoms with Gasteiger partial charge in [-0.1, -0.05) is 0 Å². The number of pyridine rings is 1. The molecular formula is C8H9N5. The summed E-state index contributed by atoms with van der Waals surface area (Å²) in [6.07, 6.45) is 4.78. The largest absolute Gasteiger partial charge is 0.326 e. The maximum absolute atomic E-state index is 5.50. The van der Waals surface area contributed by atoms with E-state index in [0.717, 1.165) is 11.4 Å². The Kier molecular flexibility index (Phi) is 2.01. The first-order valence-electron chi connectivity index (χ1n) is 3.90. The average Bonchev–Trinajstić information content (AvgIpc) is 2.71. The minimum Gasteiger partial charge on any atom is -0.326 e. The van der Waals surface area contributed by atoms with Crippen molar-refractivity contribution in [2.75, 3.05) is 0 Å². The first-order valence-corrected chi connectivity index (χ1v) is 3.90. The fourth-order valence-corrected chi connectivity index (χ4v) is 1.04. The molecule has 2 heterocycles. The maximum atomic E-state index is 5.50. The molecule has 0 fully saturated rings. The summed E-state index contributed by atoms with van der Waals surface area (Å²) >= 11 is 0. The Morgan fingerprint density at radius 1 is 1.46 bits per heavy atom. The van der Waals surface area contributed by atoms with Crippen LogP contribution in [0.1, 0.15) is 5.56 Å². The van der Waals surface area contributed by atoms with E-state index in [4.69, 9.17) is 5.73 Å². The van der Waals surface area contributed by atoms with Crippen molar-refractivity contribution in [3.8, 4) is 5.82 Å². The Balaban J connectivity index is 2.41. The van der Waals surface area contributed by atoms with Crippen molar-refractivity contribution in [1.82, 2.24) is 19.7 Å². The molecule has 0 atom stereocenters. The highest BCUT2D eigenvalue weighted by molar-refractivity contribution is 5.25. The summed E-state index contributed by atoms with van der Waals surface area (Å²) in [5.74, 6) is 0.737. The van der Waals surface area contributed by atoms with E-state index >= 15 is 0 Å². The molecule has 2 N–H and O–H groups in total. The second-order valence-electron chi connectivity index (χ2n) is 2.57. The smallest absolute Gasteiger partial charge is 0.155 e. The van der Waals surface area contributed by atoms with Gasteiger partial charge in [0, 0.05) is 12.7 Å². The molecule has 0 spiro atoms. The van der Waals surface area contributed by atoms with Crippen molar-refractivity contribution in [2.45, 2.75) is 6.54 Å². The molecule has 5 heteroatoms.